The van der Waals surface area contributed by atoms with Gasteiger partial charge in [-0.3, -0.25) is 14.2 Å². The Balaban J connectivity index is 1.72. The minimum Gasteiger partial charge on any atom is -0.337 e. The van der Waals surface area contributed by atoms with Gasteiger partial charge in [-0.15, -0.1) is 0 Å². The van der Waals surface area contributed by atoms with Crippen LogP contribution in [0.5, 0.6) is 0 Å². The highest BCUT2D eigenvalue weighted by molar-refractivity contribution is 7.99. The summed E-state index contributed by atoms with van der Waals surface area (Å²) in [6, 6.07) is 13.7. The second kappa shape index (κ2) is 10.5. The summed E-state index contributed by atoms with van der Waals surface area (Å²) in [6.07, 6.45) is 4.26. The van der Waals surface area contributed by atoms with Gasteiger partial charge in [0.2, 0.25) is 5.91 Å². The van der Waals surface area contributed by atoms with E-state index in [4.69, 9.17) is 16.6 Å². The molecule has 3 unspecified atom stereocenters. The molecular formula is C27H32ClN3O2S. The molecule has 1 aromatic heterocycles. The molecule has 0 aliphatic carbocycles. The zero-order valence-electron chi connectivity index (χ0n) is 20.3. The van der Waals surface area contributed by atoms with Crippen LogP contribution >= 0.6 is 23.4 Å². The number of fused-ring (bicyclic) bond motifs is 1. The number of thioether (sulfide) groups is 1. The van der Waals surface area contributed by atoms with Crippen LogP contribution in [0.25, 0.3) is 16.6 Å². The largest absolute Gasteiger partial charge is 0.337 e. The van der Waals surface area contributed by atoms with Crippen LogP contribution in [-0.4, -0.2) is 38.2 Å². The Labute approximate surface area is 210 Å². The standard InChI is InChI=1S/C27H32ClN3O2S/c1-5-17(2)20-9-12-22(13-10-20)31-26(33)23-14-11-21(28)15-24(23)29-27(31)34-16-25(32)30-18(3)7-6-8-19(30)4/h9-15,17-19H,5-8,16H2,1-4H3. The van der Waals surface area contributed by atoms with E-state index in [0.29, 0.717) is 27.0 Å². The van der Waals surface area contributed by atoms with Gasteiger partial charge in [0, 0.05) is 17.1 Å². The summed E-state index contributed by atoms with van der Waals surface area (Å²) in [6.45, 7) is 8.59. The molecule has 2 heterocycles. The fourth-order valence-corrected chi connectivity index (χ4v) is 5.81. The van der Waals surface area contributed by atoms with Crippen LogP contribution < -0.4 is 5.56 Å². The fraction of sp³-hybridized carbons (Fsp3) is 0.444. The molecule has 34 heavy (non-hydrogen) atoms. The lowest BCUT2D eigenvalue weighted by Gasteiger charge is -2.39. The molecule has 7 heteroatoms. The lowest BCUT2D eigenvalue weighted by molar-refractivity contribution is -0.134. The molecule has 1 amide bonds. The molecule has 0 bridgehead atoms. The highest BCUT2D eigenvalue weighted by Gasteiger charge is 2.29. The van der Waals surface area contributed by atoms with Crippen molar-refractivity contribution in [2.24, 2.45) is 0 Å². The number of aromatic nitrogens is 2. The molecule has 1 aliphatic rings. The molecule has 0 N–H and O–H groups in total. The van der Waals surface area contributed by atoms with Crippen molar-refractivity contribution < 1.29 is 4.79 Å². The van der Waals surface area contributed by atoms with Gasteiger partial charge in [-0.1, -0.05) is 49.3 Å². The summed E-state index contributed by atoms with van der Waals surface area (Å²) in [5.41, 5.74) is 2.36. The van der Waals surface area contributed by atoms with E-state index in [1.54, 1.807) is 22.8 Å². The van der Waals surface area contributed by atoms with E-state index < -0.39 is 0 Å². The number of benzene rings is 2. The molecule has 4 rings (SSSR count). The molecule has 1 aliphatic heterocycles. The Hall–Kier alpha value is -2.31. The maximum absolute atomic E-state index is 13.6. The molecule has 3 atom stereocenters. The summed E-state index contributed by atoms with van der Waals surface area (Å²) < 4.78 is 1.62. The predicted molar refractivity (Wildman–Crippen MR) is 141 cm³/mol. The summed E-state index contributed by atoms with van der Waals surface area (Å²) >= 11 is 7.50. The number of rotatable bonds is 6. The lowest BCUT2D eigenvalue weighted by Crippen LogP contribution is -2.48. The number of nitrogens with zero attached hydrogens (tertiary/aromatic N) is 3. The van der Waals surface area contributed by atoms with Gasteiger partial charge < -0.3 is 4.90 Å². The first kappa shape index (κ1) is 24.8. The Morgan fingerprint density at radius 3 is 2.47 bits per heavy atom. The molecular weight excluding hydrogens is 466 g/mol. The smallest absolute Gasteiger partial charge is 0.266 e. The number of carbonyl (C=O) groups excluding carboxylic acids is 1. The SMILES string of the molecule is CCC(C)c1ccc(-n2c(SCC(=O)N3C(C)CCCC3C)nc3cc(Cl)ccc3c2=O)cc1. The number of halogens is 1. The Kier molecular flexibility index (Phi) is 7.68. The van der Waals surface area contributed by atoms with Gasteiger partial charge in [-0.2, -0.15) is 0 Å². The van der Waals surface area contributed by atoms with E-state index in [1.165, 1.54) is 17.3 Å². The maximum Gasteiger partial charge on any atom is 0.266 e. The van der Waals surface area contributed by atoms with E-state index in [1.807, 2.05) is 17.0 Å². The van der Waals surface area contributed by atoms with E-state index in [9.17, 15) is 9.59 Å². The van der Waals surface area contributed by atoms with Gasteiger partial charge in [-0.05, 0) is 81.3 Å². The minimum absolute atomic E-state index is 0.0869. The van der Waals surface area contributed by atoms with E-state index in [2.05, 4.69) is 39.8 Å². The Morgan fingerprint density at radius 1 is 1.15 bits per heavy atom. The van der Waals surface area contributed by atoms with Gasteiger partial charge >= 0.3 is 0 Å². The summed E-state index contributed by atoms with van der Waals surface area (Å²) in [5.74, 6) is 0.768. The van der Waals surface area contributed by atoms with Gasteiger partial charge in [-0.25, -0.2) is 4.98 Å². The van der Waals surface area contributed by atoms with Crippen molar-refractivity contribution >= 4 is 40.2 Å². The number of piperidine rings is 1. The van der Waals surface area contributed by atoms with Crippen molar-refractivity contribution in [2.75, 3.05) is 5.75 Å². The molecule has 1 fully saturated rings. The first-order valence-electron chi connectivity index (χ1n) is 12.1. The lowest BCUT2D eigenvalue weighted by atomic mass is 9.98. The van der Waals surface area contributed by atoms with Crippen LogP contribution in [0.4, 0.5) is 0 Å². The zero-order chi connectivity index (χ0) is 24.4. The van der Waals surface area contributed by atoms with Crippen LogP contribution in [0.2, 0.25) is 5.02 Å². The third kappa shape index (κ3) is 5.03. The minimum atomic E-state index is -0.160. The van der Waals surface area contributed by atoms with Crippen molar-refractivity contribution in [2.45, 2.75) is 76.5 Å². The van der Waals surface area contributed by atoms with Gasteiger partial charge in [0.05, 0.1) is 22.3 Å². The van der Waals surface area contributed by atoms with Crippen molar-refractivity contribution in [3.63, 3.8) is 0 Å². The number of carbonyl (C=O) groups is 1. The summed E-state index contributed by atoms with van der Waals surface area (Å²) in [7, 11) is 0. The second-order valence-electron chi connectivity index (χ2n) is 9.32. The second-order valence-corrected chi connectivity index (χ2v) is 10.7. The van der Waals surface area contributed by atoms with Gasteiger partial charge in [0.15, 0.2) is 5.16 Å². The topological polar surface area (TPSA) is 55.2 Å². The maximum atomic E-state index is 13.6. The van der Waals surface area contributed by atoms with Gasteiger partial charge in [0.1, 0.15) is 0 Å². The molecule has 0 spiro atoms. The molecule has 0 radical (unpaired) electrons. The Morgan fingerprint density at radius 2 is 1.82 bits per heavy atom. The third-order valence-corrected chi connectivity index (χ3v) is 8.10. The van der Waals surface area contributed by atoms with Gasteiger partial charge in [0.25, 0.3) is 5.56 Å². The first-order valence-corrected chi connectivity index (χ1v) is 13.4. The predicted octanol–water partition coefficient (Wildman–Crippen LogP) is 6.43. The highest BCUT2D eigenvalue weighted by Crippen LogP contribution is 2.27. The van der Waals surface area contributed by atoms with Crippen LogP contribution in [0.1, 0.15) is 64.9 Å². The normalized spacial score (nSPS) is 19.4. The summed E-state index contributed by atoms with van der Waals surface area (Å²) in [4.78, 5) is 33.5. The quantitative estimate of drug-likeness (QED) is 0.290. The first-order chi connectivity index (χ1) is 16.3. The molecule has 3 aromatic rings. The van der Waals surface area contributed by atoms with Crippen molar-refractivity contribution in [1.82, 2.24) is 14.5 Å². The molecule has 0 saturated carbocycles. The molecule has 5 nitrogen and oxygen atoms in total. The van der Waals surface area contributed by atoms with E-state index in [-0.39, 0.29) is 29.3 Å². The zero-order valence-corrected chi connectivity index (χ0v) is 21.8. The van der Waals surface area contributed by atoms with Crippen molar-refractivity contribution in [1.29, 1.82) is 0 Å². The average molecular weight is 498 g/mol. The van der Waals surface area contributed by atoms with Crippen LogP contribution in [0.3, 0.4) is 0 Å². The monoisotopic (exact) mass is 497 g/mol. The fourth-order valence-electron chi connectivity index (χ4n) is 4.76. The third-order valence-electron chi connectivity index (χ3n) is 6.94. The van der Waals surface area contributed by atoms with Crippen LogP contribution in [-0.2, 0) is 4.79 Å². The number of amides is 1. The molecule has 1 saturated heterocycles. The average Bonchev–Trinajstić information content (AvgIpc) is 2.82. The number of hydrogen-bond donors (Lipinski definition) is 0. The van der Waals surface area contributed by atoms with E-state index >= 15 is 0 Å². The number of hydrogen-bond acceptors (Lipinski definition) is 4. The van der Waals surface area contributed by atoms with Crippen LogP contribution in [0.15, 0.2) is 52.4 Å². The Bertz CT molecular complexity index is 1230. The summed E-state index contributed by atoms with van der Waals surface area (Å²) in [5, 5.41) is 1.53. The van der Waals surface area contributed by atoms with E-state index in [0.717, 1.165) is 31.4 Å². The van der Waals surface area contributed by atoms with Crippen molar-refractivity contribution in [3.05, 3.63) is 63.4 Å². The molecule has 180 valence electrons. The number of likely N-dealkylation sites (tertiary alicyclic amines) is 1. The molecule has 2 aromatic carbocycles. The van der Waals surface area contributed by atoms with Crippen molar-refractivity contribution in [3.8, 4) is 5.69 Å². The van der Waals surface area contributed by atoms with Crippen LogP contribution in [0, 0.1) is 0 Å². The highest BCUT2D eigenvalue weighted by atomic mass is 35.5.